The van der Waals surface area contributed by atoms with Gasteiger partial charge in [0.15, 0.2) is 0 Å². The van der Waals surface area contributed by atoms with Gasteiger partial charge in [-0.3, -0.25) is 9.59 Å². The van der Waals surface area contributed by atoms with E-state index in [1.807, 2.05) is 24.3 Å². The molecule has 0 radical (unpaired) electrons. The highest BCUT2D eigenvalue weighted by atomic mass is 79.9. The first-order valence-electron chi connectivity index (χ1n) is 8.29. The summed E-state index contributed by atoms with van der Waals surface area (Å²) >= 11 is 3.37. The summed E-state index contributed by atoms with van der Waals surface area (Å²) in [6.45, 7) is -0.293. The third-order valence-corrected chi connectivity index (χ3v) is 4.44. The molecule has 0 bridgehead atoms. The number of ether oxygens (including phenoxy) is 1. The van der Waals surface area contributed by atoms with Gasteiger partial charge in [0.2, 0.25) is 5.91 Å². The van der Waals surface area contributed by atoms with E-state index >= 15 is 0 Å². The maximum atomic E-state index is 12.4. The van der Waals surface area contributed by atoms with Gasteiger partial charge in [0.1, 0.15) is 6.54 Å². The third kappa shape index (κ3) is 4.52. The molecule has 1 amide bonds. The minimum atomic E-state index is -0.566. The van der Waals surface area contributed by atoms with Crippen molar-refractivity contribution in [3.05, 3.63) is 81.1 Å². The molecule has 0 spiro atoms. The number of hydrogen-bond acceptors (Lipinski definition) is 5. The molecule has 0 aliphatic rings. The van der Waals surface area contributed by atoms with Gasteiger partial charge >= 0.3 is 5.97 Å². The number of benzene rings is 2. The molecule has 0 unspecified atom stereocenters. The highest BCUT2D eigenvalue weighted by Crippen LogP contribution is 2.19. The van der Waals surface area contributed by atoms with E-state index < -0.39 is 17.4 Å². The molecule has 28 heavy (non-hydrogen) atoms. The average Bonchev–Trinajstić information content (AvgIpc) is 2.70. The van der Waals surface area contributed by atoms with Crippen molar-refractivity contribution in [3.8, 4) is 11.3 Å². The van der Waals surface area contributed by atoms with Crippen molar-refractivity contribution in [2.45, 2.75) is 6.54 Å². The molecular weight excluding hydrogens is 426 g/mol. The smallest absolute Gasteiger partial charge is 0.339 e. The lowest BCUT2D eigenvalue weighted by Crippen LogP contribution is -2.29. The van der Waals surface area contributed by atoms with Crippen LogP contribution >= 0.6 is 15.9 Å². The molecule has 3 aromatic rings. The van der Waals surface area contributed by atoms with Crippen molar-refractivity contribution < 1.29 is 14.3 Å². The van der Waals surface area contributed by atoms with Crippen LogP contribution in [0.25, 0.3) is 11.3 Å². The molecule has 0 atom stereocenters. The van der Waals surface area contributed by atoms with E-state index in [-0.39, 0.29) is 12.1 Å². The third-order valence-electron chi connectivity index (χ3n) is 3.91. The van der Waals surface area contributed by atoms with E-state index in [4.69, 9.17) is 4.74 Å². The van der Waals surface area contributed by atoms with Gasteiger partial charge < -0.3 is 10.1 Å². The predicted octanol–water partition coefficient (Wildman–Crippen LogP) is 3.10. The van der Waals surface area contributed by atoms with Crippen LogP contribution in [0.2, 0.25) is 0 Å². The second kappa shape index (κ2) is 8.62. The van der Waals surface area contributed by atoms with Crippen LogP contribution in [0.1, 0.15) is 10.4 Å². The Morgan fingerprint density at radius 3 is 2.50 bits per heavy atom. The zero-order valence-corrected chi connectivity index (χ0v) is 16.5. The van der Waals surface area contributed by atoms with E-state index in [0.29, 0.717) is 11.4 Å². The molecule has 8 heteroatoms. The maximum Gasteiger partial charge on any atom is 0.339 e. The number of carbonyl (C=O) groups excluding carboxylic acids is 2. The average molecular weight is 442 g/mol. The molecule has 0 saturated carbocycles. The number of nitrogens with zero attached hydrogens (tertiary/aromatic N) is 2. The van der Waals surface area contributed by atoms with Gasteiger partial charge in [0, 0.05) is 16.1 Å². The minimum absolute atomic E-state index is 0.224. The number of anilines is 1. The summed E-state index contributed by atoms with van der Waals surface area (Å²) in [5.74, 6) is -1.05. The second-order valence-corrected chi connectivity index (χ2v) is 6.72. The Hall–Kier alpha value is -3.26. The lowest BCUT2D eigenvalue weighted by molar-refractivity contribution is -0.117. The van der Waals surface area contributed by atoms with E-state index in [1.165, 1.54) is 13.2 Å². The molecule has 0 saturated heterocycles. The van der Waals surface area contributed by atoms with Crippen molar-refractivity contribution >= 4 is 33.5 Å². The highest BCUT2D eigenvalue weighted by molar-refractivity contribution is 9.10. The van der Waals surface area contributed by atoms with E-state index in [0.717, 1.165) is 14.7 Å². The first kappa shape index (κ1) is 19.5. The lowest BCUT2D eigenvalue weighted by Gasteiger charge is -2.11. The molecule has 3 rings (SSSR count). The zero-order chi connectivity index (χ0) is 20.1. The Morgan fingerprint density at radius 1 is 1.07 bits per heavy atom. The van der Waals surface area contributed by atoms with Gasteiger partial charge in [-0.2, -0.15) is 5.10 Å². The molecule has 1 aromatic heterocycles. The van der Waals surface area contributed by atoms with Crippen molar-refractivity contribution in [2.75, 3.05) is 12.4 Å². The highest BCUT2D eigenvalue weighted by Gasteiger charge is 2.14. The van der Waals surface area contributed by atoms with Gasteiger partial charge in [0.05, 0.1) is 24.1 Å². The molecule has 2 aromatic carbocycles. The second-order valence-electron chi connectivity index (χ2n) is 5.81. The fourth-order valence-electron chi connectivity index (χ4n) is 2.54. The minimum Gasteiger partial charge on any atom is -0.465 e. The van der Waals surface area contributed by atoms with Crippen LogP contribution in [0.15, 0.2) is 69.9 Å². The van der Waals surface area contributed by atoms with Crippen LogP contribution in [0.5, 0.6) is 0 Å². The zero-order valence-electron chi connectivity index (χ0n) is 14.9. The first-order chi connectivity index (χ1) is 13.5. The van der Waals surface area contributed by atoms with Crippen molar-refractivity contribution in [2.24, 2.45) is 0 Å². The van der Waals surface area contributed by atoms with Crippen LogP contribution in [0.4, 0.5) is 5.69 Å². The van der Waals surface area contributed by atoms with Crippen LogP contribution < -0.4 is 10.9 Å². The Balaban J connectivity index is 1.81. The van der Waals surface area contributed by atoms with Gasteiger partial charge in [0.25, 0.3) is 5.56 Å². The summed E-state index contributed by atoms with van der Waals surface area (Å²) in [4.78, 5) is 36.3. The summed E-state index contributed by atoms with van der Waals surface area (Å²) in [6, 6.07) is 16.9. The van der Waals surface area contributed by atoms with Gasteiger partial charge in [-0.1, -0.05) is 40.2 Å². The van der Waals surface area contributed by atoms with E-state index in [9.17, 15) is 14.4 Å². The van der Waals surface area contributed by atoms with Gasteiger partial charge in [-0.15, -0.1) is 0 Å². The number of para-hydroxylation sites is 1. The molecule has 142 valence electrons. The number of rotatable bonds is 5. The monoisotopic (exact) mass is 441 g/mol. The van der Waals surface area contributed by atoms with E-state index in [2.05, 4.69) is 26.3 Å². The van der Waals surface area contributed by atoms with Crippen molar-refractivity contribution in [1.29, 1.82) is 0 Å². The number of nitrogens with one attached hydrogen (secondary N) is 1. The van der Waals surface area contributed by atoms with Crippen molar-refractivity contribution in [3.63, 3.8) is 0 Å². The summed E-state index contributed by atoms with van der Waals surface area (Å²) < 4.78 is 6.71. The predicted molar refractivity (Wildman–Crippen MR) is 108 cm³/mol. The molecule has 0 aliphatic heterocycles. The number of carbonyl (C=O) groups is 2. The first-order valence-corrected chi connectivity index (χ1v) is 9.08. The summed E-state index contributed by atoms with van der Waals surface area (Å²) in [7, 11) is 1.26. The fourth-order valence-corrected chi connectivity index (χ4v) is 2.81. The fraction of sp³-hybridized carbons (Fsp3) is 0.100. The van der Waals surface area contributed by atoms with Crippen molar-refractivity contribution in [1.82, 2.24) is 9.78 Å². The number of methoxy groups -OCH3 is 1. The largest absolute Gasteiger partial charge is 0.465 e. The molecule has 7 nitrogen and oxygen atoms in total. The SMILES string of the molecule is COC(=O)c1ccccc1NC(=O)Cn1nc(-c2ccc(Br)cc2)ccc1=O. The number of amides is 1. The van der Waals surface area contributed by atoms with Crippen LogP contribution in [0.3, 0.4) is 0 Å². The van der Waals surface area contributed by atoms with Gasteiger partial charge in [-0.25, -0.2) is 9.48 Å². The molecule has 1 N–H and O–H groups in total. The number of halogens is 1. The molecule has 1 heterocycles. The standard InChI is InChI=1S/C20H16BrN3O4/c1-28-20(27)15-4-2-3-5-17(15)22-18(25)12-24-19(26)11-10-16(23-24)13-6-8-14(21)9-7-13/h2-11H,12H2,1H3,(H,22,25). The molecular formula is C20H16BrN3O4. The topological polar surface area (TPSA) is 90.3 Å². The van der Waals surface area contributed by atoms with Gasteiger partial charge in [-0.05, 0) is 30.3 Å². The summed E-state index contributed by atoms with van der Waals surface area (Å²) in [5.41, 5.74) is 1.50. The normalized spacial score (nSPS) is 10.4. The Bertz CT molecular complexity index is 1080. The Labute approximate surface area is 169 Å². The number of esters is 1. The summed E-state index contributed by atoms with van der Waals surface area (Å²) in [6.07, 6.45) is 0. The molecule has 0 fully saturated rings. The Kier molecular flexibility index (Phi) is 6.00. The van der Waals surface area contributed by atoms with E-state index in [1.54, 1.807) is 30.3 Å². The van der Waals surface area contributed by atoms with Crippen LogP contribution in [-0.2, 0) is 16.1 Å². The summed E-state index contributed by atoms with van der Waals surface area (Å²) in [5, 5.41) is 6.89. The van der Waals surface area contributed by atoms with Crippen LogP contribution in [0, 0.1) is 0 Å². The molecule has 0 aliphatic carbocycles. The maximum absolute atomic E-state index is 12.4. The quantitative estimate of drug-likeness (QED) is 0.614. The Morgan fingerprint density at radius 2 is 1.79 bits per heavy atom. The van der Waals surface area contributed by atoms with Crippen LogP contribution in [-0.4, -0.2) is 28.8 Å². The lowest BCUT2D eigenvalue weighted by atomic mass is 10.1. The number of hydrogen-bond donors (Lipinski definition) is 1. The number of aromatic nitrogens is 2.